The van der Waals surface area contributed by atoms with Crippen LogP contribution in [0.4, 0.5) is 5.82 Å². The third-order valence-corrected chi connectivity index (χ3v) is 3.84. The first-order valence-corrected chi connectivity index (χ1v) is 6.77. The molecule has 2 aromatic rings. The fourth-order valence-corrected chi connectivity index (χ4v) is 2.58. The van der Waals surface area contributed by atoms with Crippen LogP contribution in [0, 0.1) is 0 Å². The highest BCUT2D eigenvalue weighted by molar-refractivity contribution is 6.30. The average molecular weight is 291 g/mol. The molecule has 0 amide bonds. The second-order valence-electron chi connectivity index (χ2n) is 5.32. The molecular formula is C15H19ClN4. The summed E-state index contributed by atoms with van der Waals surface area (Å²) < 4.78 is 0. The summed E-state index contributed by atoms with van der Waals surface area (Å²) in [5.74, 6) is 6.20. The number of benzene rings is 1. The number of halogens is 1. The zero-order valence-electron chi connectivity index (χ0n) is 11.6. The highest BCUT2D eigenvalue weighted by atomic mass is 35.5. The molecule has 0 aliphatic heterocycles. The van der Waals surface area contributed by atoms with Crippen molar-refractivity contribution in [2.75, 3.05) is 5.73 Å². The minimum absolute atomic E-state index is 0.198. The van der Waals surface area contributed by atoms with E-state index < -0.39 is 0 Å². The largest absolute Gasteiger partial charge is 0.383 e. The molecule has 1 aromatic carbocycles. The number of nitrogens with zero attached hydrogens (tertiary/aromatic N) is 1. The van der Waals surface area contributed by atoms with Crippen LogP contribution >= 0.6 is 11.6 Å². The summed E-state index contributed by atoms with van der Waals surface area (Å²) in [4.78, 5) is 4.10. The molecule has 2 rings (SSSR count). The molecule has 0 saturated carbocycles. The standard InChI is InChI=1S/C15H19ClN4/c1-15(2,10-6-4-3-5-7-10)13(20-18)12-8-11(16)9-19-14(12)17/h3-9,13,20H,18H2,1-2H3,(H2,17,19). The summed E-state index contributed by atoms with van der Waals surface area (Å²) in [6.45, 7) is 4.21. The Morgan fingerprint density at radius 3 is 2.50 bits per heavy atom. The van der Waals surface area contributed by atoms with Crippen LogP contribution in [0.1, 0.15) is 31.0 Å². The summed E-state index contributed by atoms with van der Waals surface area (Å²) in [6.07, 6.45) is 1.53. The minimum atomic E-state index is -0.267. The predicted molar refractivity (Wildman–Crippen MR) is 83.2 cm³/mol. The molecule has 0 bridgehead atoms. The van der Waals surface area contributed by atoms with Crippen LogP contribution in [0.15, 0.2) is 42.6 Å². The minimum Gasteiger partial charge on any atom is -0.383 e. The van der Waals surface area contributed by atoms with Gasteiger partial charge in [0.15, 0.2) is 0 Å². The smallest absolute Gasteiger partial charge is 0.128 e. The molecular weight excluding hydrogens is 272 g/mol. The van der Waals surface area contributed by atoms with Gasteiger partial charge in [0.1, 0.15) is 5.82 Å². The topological polar surface area (TPSA) is 77.0 Å². The van der Waals surface area contributed by atoms with E-state index >= 15 is 0 Å². The van der Waals surface area contributed by atoms with E-state index in [0.717, 1.165) is 11.1 Å². The summed E-state index contributed by atoms with van der Waals surface area (Å²) in [6, 6.07) is 11.7. The summed E-state index contributed by atoms with van der Waals surface area (Å²) in [5, 5.41) is 0.540. The molecule has 5 heteroatoms. The van der Waals surface area contributed by atoms with Gasteiger partial charge in [0.25, 0.3) is 0 Å². The first kappa shape index (κ1) is 14.8. The maximum Gasteiger partial charge on any atom is 0.128 e. The Hall–Kier alpha value is -1.62. The third-order valence-electron chi connectivity index (χ3n) is 3.63. The first-order chi connectivity index (χ1) is 9.46. The zero-order chi connectivity index (χ0) is 14.8. The number of aromatic nitrogens is 1. The molecule has 106 valence electrons. The quantitative estimate of drug-likeness (QED) is 0.598. The molecule has 0 radical (unpaired) electrons. The van der Waals surface area contributed by atoms with E-state index in [1.165, 1.54) is 6.20 Å². The Labute approximate surface area is 124 Å². The van der Waals surface area contributed by atoms with E-state index in [1.54, 1.807) is 6.07 Å². The van der Waals surface area contributed by atoms with Crippen molar-refractivity contribution in [1.29, 1.82) is 0 Å². The van der Waals surface area contributed by atoms with Gasteiger partial charge in [-0.25, -0.2) is 4.98 Å². The summed E-state index contributed by atoms with van der Waals surface area (Å²) >= 11 is 6.03. The normalized spacial score (nSPS) is 13.2. The molecule has 0 saturated heterocycles. The SMILES string of the molecule is CC(C)(c1ccccc1)C(NN)c1cc(Cl)cnc1N. The first-order valence-electron chi connectivity index (χ1n) is 6.39. The van der Waals surface area contributed by atoms with Gasteiger partial charge in [0, 0.05) is 17.2 Å². The van der Waals surface area contributed by atoms with Crippen molar-refractivity contribution in [3.05, 3.63) is 58.7 Å². The number of hydrogen-bond acceptors (Lipinski definition) is 4. The van der Waals surface area contributed by atoms with Gasteiger partial charge in [-0.2, -0.15) is 0 Å². The fourth-order valence-electron chi connectivity index (χ4n) is 2.42. The van der Waals surface area contributed by atoms with Gasteiger partial charge in [0.2, 0.25) is 0 Å². The van der Waals surface area contributed by atoms with Crippen molar-refractivity contribution < 1.29 is 0 Å². The van der Waals surface area contributed by atoms with E-state index in [2.05, 4.69) is 36.4 Å². The number of hydrogen-bond donors (Lipinski definition) is 3. The van der Waals surface area contributed by atoms with Gasteiger partial charge in [-0.1, -0.05) is 55.8 Å². The maximum atomic E-state index is 6.03. The lowest BCUT2D eigenvalue weighted by Gasteiger charge is -2.35. The zero-order valence-corrected chi connectivity index (χ0v) is 12.4. The Morgan fingerprint density at radius 1 is 1.25 bits per heavy atom. The van der Waals surface area contributed by atoms with E-state index in [4.69, 9.17) is 23.2 Å². The molecule has 1 aromatic heterocycles. The van der Waals surface area contributed by atoms with Crippen molar-refractivity contribution in [3.8, 4) is 0 Å². The molecule has 1 atom stereocenters. The molecule has 20 heavy (non-hydrogen) atoms. The molecule has 1 heterocycles. The molecule has 4 nitrogen and oxygen atoms in total. The van der Waals surface area contributed by atoms with Gasteiger partial charge >= 0.3 is 0 Å². The van der Waals surface area contributed by atoms with Crippen LogP contribution in [-0.2, 0) is 5.41 Å². The lowest BCUT2D eigenvalue weighted by atomic mass is 9.75. The Kier molecular flexibility index (Phi) is 4.28. The number of nitrogen functional groups attached to an aromatic ring is 1. The van der Waals surface area contributed by atoms with Gasteiger partial charge < -0.3 is 5.73 Å². The van der Waals surface area contributed by atoms with Crippen molar-refractivity contribution in [1.82, 2.24) is 10.4 Å². The Balaban J connectivity index is 2.49. The Morgan fingerprint density at radius 2 is 1.90 bits per heavy atom. The third kappa shape index (κ3) is 2.77. The number of hydrazine groups is 1. The van der Waals surface area contributed by atoms with Gasteiger partial charge in [0.05, 0.1) is 11.1 Å². The van der Waals surface area contributed by atoms with Crippen molar-refractivity contribution in [3.63, 3.8) is 0 Å². The van der Waals surface area contributed by atoms with Gasteiger partial charge in [-0.3, -0.25) is 11.3 Å². The van der Waals surface area contributed by atoms with Gasteiger partial charge in [-0.15, -0.1) is 0 Å². The van der Waals surface area contributed by atoms with Crippen molar-refractivity contribution >= 4 is 17.4 Å². The Bertz CT molecular complexity index is 584. The molecule has 0 aliphatic carbocycles. The van der Waals surface area contributed by atoms with Gasteiger partial charge in [-0.05, 0) is 11.6 Å². The van der Waals surface area contributed by atoms with Crippen LogP contribution in [0.25, 0.3) is 0 Å². The molecule has 0 fully saturated rings. The average Bonchev–Trinajstić information content (AvgIpc) is 2.44. The van der Waals surface area contributed by atoms with E-state index in [0.29, 0.717) is 10.8 Å². The lowest BCUT2D eigenvalue weighted by Crippen LogP contribution is -2.41. The second kappa shape index (κ2) is 5.79. The lowest BCUT2D eigenvalue weighted by molar-refractivity contribution is 0.353. The number of rotatable bonds is 4. The molecule has 1 unspecified atom stereocenters. The number of anilines is 1. The monoisotopic (exact) mass is 290 g/mol. The predicted octanol–water partition coefficient (Wildman–Crippen LogP) is 2.80. The summed E-state index contributed by atoms with van der Waals surface area (Å²) in [7, 11) is 0. The highest BCUT2D eigenvalue weighted by Crippen LogP contribution is 2.38. The molecule has 0 spiro atoms. The molecule has 5 N–H and O–H groups in total. The second-order valence-corrected chi connectivity index (χ2v) is 5.75. The van der Waals surface area contributed by atoms with E-state index in [1.807, 2.05) is 18.2 Å². The summed E-state index contributed by atoms with van der Waals surface area (Å²) in [5.41, 5.74) is 10.5. The van der Waals surface area contributed by atoms with Crippen molar-refractivity contribution in [2.45, 2.75) is 25.3 Å². The number of nitrogens with two attached hydrogens (primary N) is 2. The van der Waals surface area contributed by atoms with Crippen LogP contribution in [0.3, 0.4) is 0 Å². The van der Waals surface area contributed by atoms with Crippen LogP contribution in [-0.4, -0.2) is 4.98 Å². The maximum absolute atomic E-state index is 6.03. The van der Waals surface area contributed by atoms with E-state index in [9.17, 15) is 0 Å². The highest BCUT2D eigenvalue weighted by Gasteiger charge is 2.33. The number of pyridine rings is 1. The van der Waals surface area contributed by atoms with Crippen LogP contribution < -0.4 is 17.0 Å². The number of nitrogens with one attached hydrogen (secondary N) is 1. The van der Waals surface area contributed by atoms with Crippen LogP contribution in [0.5, 0.6) is 0 Å². The van der Waals surface area contributed by atoms with Crippen molar-refractivity contribution in [2.24, 2.45) is 5.84 Å². The molecule has 0 aliphatic rings. The van der Waals surface area contributed by atoms with Crippen LogP contribution in [0.2, 0.25) is 5.02 Å². The fraction of sp³-hybridized carbons (Fsp3) is 0.267. The van der Waals surface area contributed by atoms with E-state index in [-0.39, 0.29) is 11.5 Å².